The molecule has 1 aromatic heterocycles. The Morgan fingerprint density at radius 3 is 2.39 bits per heavy atom. The van der Waals surface area contributed by atoms with Crippen molar-refractivity contribution in [3.05, 3.63) is 83.1 Å². The third-order valence-corrected chi connectivity index (χ3v) is 3.77. The summed E-state index contributed by atoms with van der Waals surface area (Å²) in [5.74, 6) is -3.00. The number of carbonyl (C=O) groups is 1. The second-order valence-corrected chi connectivity index (χ2v) is 5.94. The molecule has 158 valence electrons. The second-order valence-electron chi connectivity index (χ2n) is 5.94. The summed E-state index contributed by atoms with van der Waals surface area (Å²) in [5.41, 5.74) is -1.00. The highest BCUT2D eigenvalue weighted by molar-refractivity contribution is 6.06. The first-order valence-electron chi connectivity index (χ1n) is 8.43. The number of pyridine rings is 1. The molecule has 2 aromatic carbocycles. The maximum Gasteiger partial charge on any atom is 0.573 e. The number of hydrogen-bond donors (Lipinski definition) is 1. The van der Waals surface area contributed by atoms with Gasteiger partial charge in [-0.3, -0.25) is 4.79 Å². The first kappa shape index (κ1) is 21.4. The molecule has 0 aliphatic rings. The Kier molecular flexibility index (Phi) is 5.92. The van der Waals surface area contributed by atoms with Crippen molar-refractivity contribution < 1.29 is 36.6 Å². The number of ether oxygens (including phenoxy) is 2. The first-order chi connectivity index (χ1) is 14.7. The average molecular weight is 433 g/mol. The molecule has 0 saturated carbocycles. The molecule has 11 heteroatoms. The molecule has 0 saturated heterocycles. The molecule has 0 bridgehead atoms. The van der Waals surface area contributed by atoms with Crippen molar-refractivity contribution in [1.82, 2.24) is 0 Å². The molecule has 0 aliphatic carbocycles. The number of halogens is 4. The monoisotopic (exact) mass is 433 g/mol. The minimum Gasteiger partial charge on any atom is -0.619 e. The van der Waals surface area contributed by atoms with Gasteiger partial charge in [0.2, 0.25) is 6.20 Å². The van der Waals surface area contributed by atoms with E-state index in [-0.39, 0.29) is 17.2 Å². The fraction of sp³-hybridized carbons (Fsp3) is 0.0500. The van der Waals surface area contributed by atoms with Gasteiger partial charge in [0, 0.05) is 6.07 Å². The van der Waals surface area contributed by atoms with Crippen LogP contribution in [0.15, 0.2) is 60.9 Å². The summed E-state index contributed by atoms with van der Waals surface area (Å²) >= 11 is 0. The smallest absolute Gasteiger partial charge is 0.573 e. The van der Waals surface area contributed by atoms with Crippen LogP contribution < -0.4 is 19.5 Å². The predicted molar refractivity (Wildman–Crippen MR) is 97.7 cm³/mol. The van der Waals surface area contributed by atoms with E-state index in [1.165, 1.54) is 18.3 Å². The lowest BCUT2D eigenvalue weighted by molar-refractivity contribution is -0.604. The van der Waals surface area contributed by atoms with Crippen LogP contribution in [0.3, 0.4) is 0 Å². The number of anilines is 1. The number of nitriles is 1. The molecule has 0 fully saturated rings. The van der Waals surface area contributed by atoms with Crippen LogP contribution in [0.25, 0.3) is 0 Å². The van der Waals surface area contributed by atoms with Crippen LogP contribution >= 0.6 is 0 Å². The van der Waals surface area contributed by atoms with Gasteiger partial charge in [-0.2, -0.15) is 9.99 Å². The number of nitrogens with one attached hydrogen (secondary N) is 1. The highest BCUT2D eigenvalue weighted by Gasteiger charge is 2.31. The molecule has 0 spiro atoms. The van der Waals surface area contributed by atoms with Crippen LogP contribution in [0.1, 0.15) is 15.9 Å². The largest absolute Gasteiger partial charge is 0.619 e. The lowest BCUT2D eigenvalue weighted by Gasteiger charge is -2.14. The van der Waals surface area contributed by atoms with E-state index in [9.17, 15) is 27.6 Å². The first-order valence-corrected chi connectivity index (χ1v) is 8.43. The molecule has 0 radical (unpaired) electrons. The molecular formula is C20H11F4N3O4. The van der Waals surface area contributed by atoms with Gasteiger partial charge in [0.1, 0.15) is 34.6 Å². The van der Waals surface area contributed by atoms with Gasteiger partial charge in [-0.15, -0.1) is 13.2 Å². The molecule has 1 heterocycles. The van der Waals surface area contributed by atoms with Crippen LogP contribution in [-0.4, -0.2) is 12.3 Å². The normalized spacial score (nSPS) is 10.8. The Labute approximate surface area is 172 Å². The SMILES string of the molecule is N#Cc1ccc(Oc2ccc(OC(F)(F)F)cc2)c(C(=O)Nc2ccc[n+]([O-])c2)c1F. The zero-order valence-electron chi connectivity index (χ0n) is 15.3. The van der Waals surface area contributed by atoms with Gasteiger partial charge in [0.05, 0.1) is 5.56 Å². The van der Waals surface area contributed by atoms with Crippen molar-refractivity contribution in [2.24, 2.45) is 0 Å². The van der Waals surface area contributed by atoms with Gasteiger partial charge >= 0.3 is 6.36 Å². The number of alkyl halides is 3. The molecule has 1 amide bonds. The highest BCUT2D eigenvalue weighted by atomic mass is 19.4. The molecule has 0 aliphatic heterocycles. The number of benzene rings is 2. The fourth-order valence-corrected chi connectivity index (χ4v) is 2.50. The van der Waals surface area contributed by atoms with Gasteiger partial charge in [-0.25, -0.2) is 4.39 Å². The quantitative estimate of drug-likeness (QED) is 0.368. The van der Waals surface area contributed by atoms with Crippen molar-refractivity contribution in [3.8, 4) is 23.3 Å². The van der Waals surface area contributed by atoms with Crippen LogP contribution in [-0.2, 0) is 0 Å². The van der Waals surface area contributed by atoms with E-state index < -0.39 is 35.0 Å². The van der Waals surface area contributed by atoms with Crippen molar-refractivity contribution >= 4 is 11.6 Å². The second kappa shape index (κ2) is 8.58. The topological polar surface area (TPSA) is 98.3 Å². The summed E-state index contributed by atoms with van der Waals surface area (Å²) in [6, 6.07) is 10.8. The molecule has 3 aromatic rings. The minimum atomic E-state index is -4.87. The zero-order valence-corrected chi connectivity index (χ0v) is 15.3. The third-order valence-electron chi connectivity index (χ3n) is 3.77. The van der Waals surface area contributed by atoms with Crippen LogP contribution in [0, 0.1) is 22.4 Å². The fourth-order valence-electron chi connectivity index (χ4n) is 2.50. The molecule has 0 unspecified atom stereocenters. The lowest BCUT2D eigenvalue weighted by Crippen LogP contribution is -2.26. The third kappa shape index (κ3) is 5.39. The molecule has 31 heavy (non-hydrogen) atoms. The van der Waals surface area contributed by atoms with Crippen LogP contribution in [0.4, 0.5) is 23.2 Å². The van der Waals surface area contributed by atoms with Gasteiger partial charge in [0.25, 0.3) is 5.91 Å². The van der Waals surface area contributed by atoms with Crippen molar-refractivity contribution in [2.75, 3.05) is 5.32 Å². The summed E-state index contributed by atoms with van der Waals surface area (Å²) in [6.45, 7) is 0. The summed E-state index contributed by atoms with van der Waals surface area (Å²) in [7, 11) is 0. The number of hydrogen-bond acceptors (Lipinski definition) is 5. The van der Waals surface area contributed by atoms with E-state index in [4.69, 9.17) is 10.00 Å². The van der Waals surface area contributed by atoms with Crippen LogP contribution in [0.5, 0.6) is 17.2 Å². The highest BCUT2D eigenvalue weighted by Crippen LogP contribution is 2.31. The molecule has 1 N–H and O–H groups in total. The van der Waals surface area contributed by atoms with Gasteiger partial charge in [0.15, 0.2) is 12.0 Å². The number of carbonyl (C=O) groups excluding carboxylic acids is 1. The van der Waals surface area contributed by atoms with Crippen molar-refractivity contribution in [1.29, 1.82) is 5.26 Å². The summed E-state index contributed by atoms with van der Waals surface area (Å²) in [6.07, 6.45) is -2.67. The Hall–Kier alpha value is -4.33. The van der Waals surface area contributed by atoms with E-state index in [0.717, 1.165) is 42.6 Å². The van der Waals surface area contributed by atoms with E-state index in [1.807, 2.05) is 0 Å². The maximum absolute atomic E-state index is 14.7. The van der Waals surface area contributed by atoms with Crippen molar-refractivity contribution in [2.45, 2.75) is 6.36 Å². The van der Waals surface area contributed by atoms with E-state index >= 15 is 0 Å². The van der Waals surface area contributed by atoms with E-state index in [0.29, 0.717) is 4.73 Å². The lowest BCUT2D eigenvalue weighted by atomic mass is 10.1. The van der Waals surface area contributed by atoms with Gasteiger partial charge < -0.3 is 20.0 Å². The average Bonchev–Trinajstić information content (AvgIpc) is 2.68. The Bertz CT molecular complexity index is 1160. The van der Waals surface area contributed by atoms with Crippen molar-refractivity contribution in [3.63, 3.8) is 0 Å². The number of rotatable bonds is 5. The zero-order chi connectivity index (χ0) is 22.6. The van der Waals surface area contributed by atoms with Crippen LogP contribution in [0.2, 0.25) is 0 Å². The predicted octanol–water partition coefficient (Wildman–Crippen LogP) is 4.27. The molecule has 0 atom stereocenters. The maximum atomic E-state index is 14.7. The summed E-state index contributed by atoms with van der Waals surface area (Å²) < 4.78 is 61.1. The molecule has 3 rings (SSSR count). The standard InChI is InChI=1S/C20H11F4N3O4/c21-18-12(10-25)3-8-16(17(18)19(28)26-13-2-1-9-27(29)11-13)30-14-4-6-15(7-5-14)31-20(22,23)24/h1-9,11H,(H,26,28). The summed E-state index contributed by atoms with van der Waals surface area (Å²) in [5, 5.41) is 22.7. The Morgan fingerprint density at radius 1 is 1.10 bits per heavy atom. The summed E-state index contributed by atoms with van der Waals surface area (Å²) in [4.78, 5) is 12.6. The van der Waals surface area contributed by atoms with E-state index in [1.54, 1.807) is 6.07 Å². The molecule has 7 nitrogen and oxygen atoms in total. The Balaban J connectivity index is 1.91. The number of aromatic nitrogens is 1. The Morgan fingerprint density at radius 2 is 1.77 bits per heavy atom. The molecular weight excluding hydrogens is 422 g/mol. The van der Waals surface area contributed by atoms with Gasteiger partial charge in [-0.05, 0) is 42.5 Å². The van der Waals surface area contributed by atoms with Gasteiger partial charge in [-0.1, -0.05) is 0 Å². The number of amides is 1. The van der Waals surface area contributed by atoms with E-state index in [2.05, 4.69) is 10.1 Å². The minimum absolute atomic E-state index is 0.0233. The number of nitrogens with zero attached hydrogens (tertiary/aromatic N) is 2.